The quantitative estimate of drug-likeness (QED) is 0.571. The average molecular weight is 519 g/mol. The van der Waals surface area contributed by atoms with Gasteiger partial charge in [0.2, 0.25) is 10.0 Å². The molecule has 2 aromatic carbocycles. The van der Waals surface area contributed by atoms with Gasteiger partial charge in [-0.2, -0.15) is 0 Å². The molecule has 1 unspecified atom stereocenters. The maximum absolute atomic E-state index is 15.5. The normalized spacial score (nSPS) is 23.8. The zero-order valence-corrected chi connectivity index (χ0v) is 19.4. The molecule has 3 atom stereocenters. The highest BCUT2D eigenvalue weighted by Crippen LogP contribution is 2.37. The van der Waals surface area contributed by atoms with Crippen molar-refractivity contribution in [2.75, 3.05) is 18.9 Å². The maximum Gasteiger partial charge on any atom is 0.283 e. The van der Waals surface area contributed by atoms with E-state index in [1.54, 1.807) is 0 Å². The first-order valence-corrected chi connectivity index (χ1v) is 12.6. The number of carbonyl (C=O) groups is 1. The van der Waals surface area contributed by atoms with Crippen molar-refractivity contribution in [3.63, 3.8) is 0 Å². The molecule has 1 amide bonds. The lowest BCUT2D eigenvalue weighted by atomic mass is 9.95. The van der Waals surface area contributed by atoms with E-state index in [1.807, 2.05) is 4.72 Å². The van der Waals surface area contributed by atoms with Crippen molar-refractivity contribution in [2.24, 2.45) is 0 Å². The minimum atomic E-state index is -4.10. The van der Waals surface area contributed by atoms with Crippen molar-refractivity contribution in [1.82, 2.24) is 9.62 Å². The van der Waals surface area contributed by atoms with Crippen LogP contribution in [-0.2, 0) is 26.0 Å². The molecule has 0 aromatic heterocycles. The Morgan fingerprint density at radius 1 is 1.17 bits per heavy atom. The summed E-state index contributed by atoms with van der Waals surface area (Å²) in [6.07, 6.45) is -1.04. The molecule has 12 heteroatoms. The van der Waals surface area contributed by atoms with Crippen LogP contribution < -0.4 is 4.72 Å². The second kappa shape index (κ2) is 9.47. The van der Waals surface area contributed by atoms with Gasteiger partial charge in [-0.05, 0) is 36.6 Å². The van der Waals surface area contributed by atoms with Crippen LogP contribution >= 0.6 is 0 Å². The van der Waals surface area contributed by atoms with Gasteiger partial charge in [0.1, 0.15) is 18.0 Å². The lowest BCUT2D eigenvalue weighted by molar-refractivity contribution is -0.158. The minimum Gasteiger partial charge on any atom is -0.368 e. The summed E-state index contributed by atoms with van der Waals surface area (Å²) in [5, 5.41) is 0. The first-order chi connectivity index (χ1) is 16.4. The number of hydrogen-bond acceptors (Lipinski definition) is 4. The van der Waals surface area contributed by atoms with Crippen molar-refractivity contribution in [1.29, 1.82) is 0 Å². The van der Waals surface area contributed by atoms with Gasteiger partial charge in [-0.15, -0.1) is 0 Å². The highest BCUT2D eigenvalue weighted by Gasteiger charge is 2.58. The molecule has 2 aliphatic heterocycles. The van der Waals surface area contributed by atoms with Crippen LogP contribution in [0.3, 0.4) is 0 Å². The van der Waals surface area contributed by atoms with Crippen LogP contribution in [0, 0.1) is 17.5 Å². The molecule has 2 aliphatic rings. The third-order valence-corrected chi connectivity index (χ3v) is 7.68. The van der Waals surface area contributed by atoms with Crippen LogP contribution in [0.5, 0.6) is 0 Å². The number of ether oxygens (including phenoxy) is 1. The fourth-order valence-electron chi connectivity index (χ4n) is 4.28. The summed E-state index contributed by atoms with van der Waals surface area (Å²) >= 11 is 0. The Morgan fingerprint density at radius 2 is 1.89 bits per heavy atom. The molecule has 0 radical (unpaired) electrons. The number of likely N-dealkylation sites (tertiary alicyclic amines) is 1. The summed E-state index contributed by atoms with van der Waals surface area (Å²) in [5.74, 6) is -7.99. The van der Waals surface area contributed by atoms with Gasteiger partial charge in [0.05, 0.1) is 24.9 Å². The van der Waals surface area contributed by atoms with Crippen LogP contribution in [-0.4, -0.2) is 62.2 Å². The third-order valence-electron chi connectivity index (χ3n) is 6.30. The van der Waals surface area contributed by atoms with E-state index in [-0.39, 0.29) is 16.7 Å². The molecule has 4 rings (SSSR count). The van der Waals surface area contributed by atoms with Crippen LogP contribution in [0.15, 0.2) is 36.4 Å². The van der Waals surface area contributed by atoms with E-state index in [0.717, 1.165) is 17.0 Å². The molecular formula is C23H23F5N2O4S. The van der Waals surface area contributed by atoms with Gasteiger partial charge in [0.25, 0.3) is 11.8 Å². The van der Waals surface area contributed by atoms with Crippen molar-refractivity contribution in [3.8, 4) is 11.1 Å². The molecule has 0 saturated carbocycles. The molecule has 35 heavy (non-hydrogen) atoms. The van der Waals surface area contributed by atoms with Gasteiger partial charge in [-0.25, -0.2) is 35.1 Å². The number of sulfonamides is 1. The molecule has 0 bridgehead atoms. The lowest BCUT2D eigenvalue weighted by Crippen LogP contribution is -2.54. The van der Waals surface area contributed by atoms with E-state index in [4.69, 9.17) is 4.74 Å². The standard InChI is InChI=1S/C23H23F5N2O4S/c1-2-35(32,33)29-21-18(30(12-23(21,27)28)22(31)19-8-9-34-19)11-14-4-3-5-15(20(14)26)13-6-7-16(24)17(25)10-13/h3-7,10,18-19,21,29H,2,8-9,11-12H2,1H3/t18-,19?,21+/m0/s1. The molecule has 1 N–H and O–H groups in total. The second-order valence-corrected chi connectivity index (χ2v) is 10.6. The second-order valence-electron chi connectivity index (χ2n) is 8.55. The molecule has 2 fully saturated rings. The number of nitrogens with one attached hydrogen (secondary N) is 1. The van der Waals surface area contributed by atoms with Crippen molar-refractivity contribution < 1.29 is 39.9 Å². The summed E-state index contributed by atoms with van der Waals surface area (Å²) in [5.41, 5.74) is -0.168. The number of halogens is 5. The highest BCUT2D eigenvalue weighted by molar-refractivity contribution is 7.89. The maximum atomic E-state index is 15.5. The van der Waals surface area contributed by atoms with E-state index < -0.39 is 76.2 Å². The lowest BCUT2D eigenvalue weighted by Gasteiger charge is -2.34. The summed E-state index contributed by atoms with van der Waals surface area (Å²) in [7, 11) is -4.10. The molecule has 6 nitrogen and oxygen atoms in total. The Bertz CT molecular complexity index is 1240. The van der Waals surface area contributed by atoms with Gasteiger partial charge in [0, 0.05) is 12.0 Å². The third kappa shape index (κ3) is 5.05. The monoisotopic (exact) mass is 518 g/mol. The Kier molecular flexibility index (Phi) is 6.91. The zero-order valence-electron chi connectivity index (χ0n) is 18.6. The Morgan fingerprint density at radius 3 is 2.49 bits per heavy atom. The van der Waals surface area contributed by atoms with Gasteiger partial charge < -0.3 is 9.64 Å². The smallest absolute Gasteiger partial charge is 0.283 e. The van der Waals surface area contributed by atoms with E-state index in [1.165, 1.54) is 31.2 Å². The molecule has 0 spiro atoms. The van der Waals surface area contributed by atoms with Crippen LogP contribution in [0.4, 0.5) is 22.0 Å². The highest BCUT2D eigenvalue weighted by atomic mass is 32.2. The van der Waals surface area contributed by atoms with Crippen LogP contribution in [0.2, 0.25) is 0 Å². The minimum absolute atomic E-state index is 0.0269. The van der Waals surface area contributed by atoms with Crippen molar-refractivity contribution in [3.05, 3.63) is 59.4 Å². The summed E-state index contributed by atoms with van der Waals surface area (Å²) < 4.78 is 104. The first kappa shape index (κ1) is 25.5. The predicted molar refractivity (Wildman–Crippen MR) is 117 cm³/mol. The molecule has 0 aliphatic carbocycles. The van der Waals surface area contributed by atoms with Gasteiger partial charge >= 0.3 is 0 Å². The predicted octanol–water partition coefficient (Wildman–Crippen LogP) is 3.26. The van der Waals surface area contributed by atoms with E-state index in [0.29, 0.717) is 13.0 Å². The number of benzene rings is 2. The molecule has 2 saturated heterocycles. The average Bonchev–Trinajstić information content (AvgIpc) is 3.00. The zero-order chi connectivity index (χ0) is 25.5. The van der Waals surface area contributed by atoms with Gasteiger partial charge in [0.15, 0.2) is 11.6 Å². The molecular weight excluding hydrogens is 495 g/mol. The van der Waals surface area contributed by atoms with Gasteiger partial charge in [-0.3, -0.25) is 4.79 Å². The molecule has 2 aromatic rings. The molecule has 190 valence electrons. The van der Waals surface area contributed by atoms with Crippen molar-refractivity contribution in [2.45, 2.75) is 43.9 Å². The number of alkyl halides is 2. The molecule has 2 heterocycles. The van der Waals surface area contributed by atoms with E-state index >= 15 is 13.2 Å². The summed E-state index contributed by atoms with van der Waals surface area (Å²) in [6, 6.07) is 3.44. The largest absolute Gasteiger partial charge is 0.368 e. The number of hydrogen-bond donors (Lipinski definition) is 1. The SMILES string of the molecule is CCS(=O)(=O)N[C@@H]1[C@H](Cc2cccc(-c3ccc(F)c(F)c3)c2F)N(C(=O)C2CCO2)CC1(F)F. The van der Waals surface area contributed by atoms with Crippen LogP contribution in [0.1, 0.15) is 18.9 Å². The number of nitrogens with zero attached hydrogens (tertiary/aromatic N) is 1. The number of carbonyl (C=O) groups excluding carboxylic acids is 1. The van der Waals surface area contributed by atoms with E-state index in [9.17, 15) is 22.0 Å². The number of rotatable bonds is 7. The first-order valence-electron chi connectivity index (χ1n) is 11.0. The van der Waals surface area contributed by atoms with Crippen LogP contribution in [0.25, 0.3) is 11.1 Å². The Hall–Kier alpha value is -2.57. The topological polar surface area (TPSA) is 75.7 Å². The summed E-state index contributed by atoms with van der Waals surface area (Å²) in [4.78, 5) is 13.7. The fraction of sp³-hybridized carbons (Fsp3) is 0.435. The summed E-state index contributed by atoms with van der Waals surface area (Å²) in [6.45, 7) is 0.514. The Labute approximate surface area is 199 Å². The van der Waals surface area contributed by atoms with Gasteiger partial charge in [-0.1, -0.05) is 24.3 Å². The van der Waals surface area contributed by atoms with E-state index in [2.05, 4.69) is 0 Å². The van der Waals surface area contributed by atoms with Crippen molar-refractivity contribution >= 4 is 15.9 Å². The fourth-order valence-corrected chi connectivity index (χ4v) is 5.16. The number of amides is 1. The Balaban J connectivity index is 1.72.